The van der Waals surface area contributed by atoms with E-state index >= 15 is 0 Å². The Morgan fingerprint density at radius 3 is 3.05 bits per heavy atom. The largest absolute Gasteiger partial charge is 0.481 e. The number of amides is 1. The second-order valence-corrected chi connectivity index (χ2v) is 5.43. The highest BCUT2D eigenvalue weighted by atomic mass is 79.9. The number of nitrogens with one attached hydrogen (secondary N) is 1. The first-order valence-corrected chi connectivity index (χ1v) is 6.91. The molecule has 0 bridgehead atoms. The molecule has 4 nitrogen and oxygen atoms in total. The molecule has 2 rings (SSSR count). The number of rotatable bonds is 4. The molecule has 0 spiro atoms. The van der Waals surface area contributed by atoms with Crippen LogP contribution in [0.25, 0.3) is 0 Å². The van der Waals surface area contributed by atoms with Crippen molar-refractivity contribution >= 4 is 21.8 Å². The van der Waals surface area contributed by atoms with Crippen molar-refractivity contribution in [1.82, 2.24) is 10.2 Å². The topological polar surface area (TPSA) is 41.6 Å². The number of likely N-dealkylation sites (N-methyl/N-ethyl adjacent to an activating group) is 1. The second-order valence-electron chi connectivity index (χ2n) is 4.51. The summed E-state index contributed by atoms with van der Waals surface area (Å²) in [6, 6.07) is 4.69. The summed E-state index contributed by atoms with van der Waals surface area (Å²) < 4.78 is 19.4. The van der Waals surface area contributed by atoms with E-state index in [9.17, 15) is 9.18 Å². The molecule has 1 N–H and O–H groups in total. The van der Waals surface area contributed by atoms with Gasteiger partial charge < -0.3 is 15.0 Å². The maximum Gasteiger partial charge on any atom is 0.260 e. The molecule has 6 heteroatoms. The smallest absolute Gasteiger partial charge is 0.260 e. The number of carbonyl (C=O) groups excluding carboxylic acids is 1. The highest BCUT2D eigenvalue weighted by Crippen LogP contribution is 2.21. The Labute approximate surface area is 120 Å². The summed E-state index contributed by atoms with van der Waals surface area (Å²) in [4.78, 5) is 13.6. The summed E-state index contributed by atoms with van der Waals surface area (Å²) in [6.45, 7) is 1.57. The third-order valence-electron chi connectivity index (χ3n) is 3.22. The number of carbonyl (C=O) groups is 1. The molecule has 0 saturated carbocycles. The van der Waals surface area contributed by atoms with Crippen molar-refractivity contribution in [2.45, 2.75) is 12.5 Å². The molecule has 0 unspecified atom stereocenters. The van der Waals surface area contributed by atoms with Crippen LogP contribution in [-0.2, 0) is 4.79 Å². The number of hydrogen-bond acceptors (Lipinski definition) is 3. The normalized spacial score (nSPS) is 18.4. The Bertz CT molecular complexity index is 464. The van der Waals surface area contributed by atoms with Crippen LogP contribution in [-0.4, -0.2) is 43.6 Å². The molecule has 19 heavy (non-hydrogen) atoms. The van der Waals surface area contributed by atoms with Crippen molar-refractivity contribution in [3.8, 4) is 5.75 Å². The first kappa shape index (κ1) is 14.3. The van der Waals surface area contributed by atoms with Crippen molar-refractivity contribution in [3.05, 3.63) is 28.5 Å². The van der Waals surface area contributed by atoms with Gasteiger partial charge in [-0.25, -0.2) is 4.39 Å². The van der Waals surface area contributed by atoms with Crippen LogP contribution in [0.5, 0.6) is 5.75 Å². The molecule has 0 radical (unpaired) electrons. The van der Waals surface area contributed by atoms with E-state index in [1.807, 2.05) is 0 Å². The van der Waals surface area contributed by atoms with Crippen LogP contribution < -0.4 is 10.1 Å². The first-order chi connectivity index (χ1) is 9.08. The van der Waals surface area contributed by atoms with E-state index in [2.05, 4.69) is 21.2 Å². The SMILES string of the molecule is CN(C(=O)COc1ccc(Br)cc1F)[C@@H]1CCNC1. The van der Waals surface area contributed by atoms with Crippen LogP contribution in [0.2, 0.25) is 0 Å². The molecule has 1 atom stereocenters. The van der Waals surface area contributed by atoms with Crippen LogP contribution in [0.4, 0.5) is 4.39 Å². The zero-order valence-corrected chi connectivity index (χ0v) is 12.2. The number of ether oxygens (including phenoxy) is 1. The summed E-state index contributed by atoms with van der Waals surface area (Å²) in [5, 5.41) is 3.20. The fraction of sp³-hybridized carbons (Fsp3) is 0.462. The Morgan fingerprint density at radius 1 is 1.63 bits per heavy atom. The van der Waals surface area contributed by atoms with Crippen LogP contribution in [0, 0.1) is 5.82 Å². The van der Waals surface area contributed by atoms with Gasteiger partial charge in [-0.2, -0.15) is 0 Å². The van der Waals surface area contributed by atoms with Crippen LogP contribution in [0.3, 0.4) is 0 Å². The van der Waals surface area contributed by atoms with Gasteiger partial charge in [0.15, 0.2) is 18.2 Å². The van der Waals surface area contributed by atoms with Crippen molar-refractivity contribution in [1.29, 1.82) is 0 Å². The lowest BCUT2D eigenvalue weighted by Crippen LogP contribution is -2.40. The van der Waals surface area contributed by atoms with Crippen molar-refractivity contribution in [2.75, 3.05) is 26.7 Å². The van der Waals surface area contributed by atoms with Crippen LogP contribution in [0.15, 0.2) is 22.7 Å². The average Bonchev–Trinajstić information content (AvgIpc) is 2.90. The molecule has 1 aliphatic rings. The molecule has 1 heterocycles. The molecule has 0 aliphatic carbocycles. The Morgan fingerprint density at radius 2 is 2.42 bits per heavy atom. The molecule has 104 valence electrons. The third kappa shape index (κ3) is 3.67. The number of nitrogens with zero attached hydrogens (tertiary/aromatic N) is 1. The standard InChI is InChI=1S/C13H16BrFN2O2/c1-17(10-4-5-16-7-10)13(18)8-19-12-3-2-9(14)6-11(12)15/h2-3,6,10,16H,4-5,7-8H2,1H3/t10-/m1/s1. The predicted molar refractivity (Wildman–Crippen MR) is 73.6 cm³/mol. The van der Waals surface area contributed by atoms with Gasteiger partial charge in [0, 0.05) is 24.1 Å². The van der Waals surface area contributed by atoms with E-state index in [0.29, 0.717) is 4.47 Å². The minimum absolute atomic E-state index is 0.0921. The minimum Gasteiger partial charge on any atom is -0.481 e. The molecular formula is C13H16BrFN2O2. The monoisotopic (exact) mass is 330 g/mol. The van der Waals surface area contributed by atoms with Gasteiger partial charge in [-0.1, -0.05) is 15.9 Å². The minimum atomic E-state index is -0.479. The highest BCUT2D eigenvalue weighted by Gasteiger charge is 2.23. The molecule has 1 aromatic carbocycles. The quantitative estimate of drug-likeness (QED) is 0.915. The van der Waals surface area contributed by atoms with Crippen molar-refractivity contribution in [2.24, 2.45) is 0 Å². The van der Waals surface area contributed by atoms with Gasteiger partial charge in [0.1, 0.15) is 0 Å². The molecule has 1 fully saturated rings. The van der Waals surface area contributed by atoms with E-state index in [1.54, 1.807) is 18.0 Å². The van der Waals surface area contributed by atoms with E-state index < -0.39 is 5.82 Å². The Kier molecular flexibility index (Phi) is 4.76. The third-order valence-corrected chi connectivity index (χ3v) is 3.71. The first-order valence-electron chi connectivity index (χ1n) is 6.12. The second kappa shape index (κ2) is 6.34. The molecule has 1 aromatic rings. The molecule has 0 aromatic heterocycles. The zero-order valence-electron chi connectivity index (χ0n) is 10.7. The summed E-state index contributed by atoms with van der Waals surface area (Å²) in [7, 11) is 1.75. The molecule has 1 aliphatic heterocycles. The number of halogens is 2. The molecule has 1 saturated heterocycles. The van der Waals surface area contributed by atoms with Crippen molar-refractivity contribution < 1.29 is 13.9 Å². The summed E-state index contributed by atoms with van der Waals surface area (Å²) >= 11 is 3.17. The van der Waals surface area contributed by atoms with Gasteiger partial charge in [0.2, 0.25) is 0 Å². The fourth-order valence-electron chi connectivity index (χ4n) is 2.01. The highest BCUT2D eigenvalue weighted by molar-refractivity contribution is 9.10. The van der Waals surface area contributed by atoms with E-state index in [1.165, 1.54) is 12.1 Å². The summed E-state index contributed by atoms with van der Waals surface area (Å²) in [6.07, 6.45) is 0.939. The lowest BCUT2D eigenvalue weighted by atomic mass is 10.2. The summed E-state index contributed by atoms with van der Waals surface area (Å²) in [5.74, 6) is -0.530. The van der Waals surface area contributed by atoms with Crippen molar-refractivity contribution in [3.63, 3.8) is 0 Å². The van der Waals surface area contributed by atoms with Crippen LogP contribution in [0.1, 0.15) is 6.42 Å². The fourth-order valence-corrected chi connectivity index (χ4v) is 2.34. The van der Waals surface area contributed by atoms with Gasteiger partial charge in [-0.3, -0.25) is 4.79 Å². The summed E-state index contributed by atoms with van der Waals surface area (Å²) in [5.41, 5.74) is 0. The maximum atomic E-state index is 13.5. The van der Waals surface area contributed by atoms with E-state index in [4.69, 9.17) is 4.74 Å². The number of hydrogen-bond donors (Lipinski definition) is 1. The van der Waals surface area contributed by atoms with Gasteiger partial charge in [-0.05, 0) is 31.2 Å². The molecule has 1 amide bonds. The number of benzene rings is 1. The van der Waals surface area contributed by atoms with E-state index in [-0.39, 0.29) is 24.3 Å². The average molecular weight is 331 g/mol. The lowest BCUT2D eigenvalue weighted by molar-refractivity contribution is -0.133. The van der Waals surface area contributed by atoms with Crippen LogP contribution >= 0.6 is 15.9 Å². The van der Waals surface area contributed by atoms with Gasteiger partial charge in [-0.15, -0.1) is 0 Å². The van der Waals surface area contributed by atoms with E-state index in [0.717, 1.165) is 19.5 Å². The zero-order chi connectivity index (χ0) is 13.8. The lowest BCUT2D eigenvalue weighted by Gasteiger charge is -2.23. The maximum absolute atomic E-state index is 13.5. The van der Waals surface area contributed by atoms with Gasteiger partial charge in [0.25, 0.3) is 5.91 Å². The Balaban J connectivity index is 1.89. The Hall–Kier alpha value is -1.14. The molecular weight excluding hydrogens is 315 g/mol. The predicted octanol–water partition coefficient (Wildman–Crippen LogP) is 1.79. The van der Waals surface area contributed by atoms with Gasteiger partial charge in [0.05, 0.1) is 0 Å². The van der Waals surface area contributed by atoms with Gasteiger partial charge >= 0.3 is 0 Å².